The van der Waals surface area contributed by atoms with E-state index in [1.165, 1.54) is 0 Å². The minimum absolute atomic E-state index is 0.0354. The fourth-order valence-electron chi connectivity index (χ4n) is 0.528. The summed E-state index contributed by atoms with van der Waals surface area (Å²) in [6.45, 7) is 3.53. The Morgan fingerprint density at radius 1 is 1.50 bits per heavy atom. The monoisotopic (exact) mass is 167 g/mol. The molecule has 0 aliphatic carbocycles. The molecule has 0 aliphatic heterocycles. The number of hydrogen-bond donors (Lipinski definition) is 1. The van der Waals surface area contributed by atoms with E-state index in [9.17, 15) is 0 Å². The fourth-order valence-corrected chi connectivity index (χ4v) is 0.782. The van der Waals surface area contributed by atoms with E-state index >= 15 is 0 Å². The lowest BCUT2D eigenvalue weighted by molar-refractivity contribution is -1.14. The summed E-state index contributed by atoms with van der Waals surface area (Å²) in [6.07, 6.45) is 0. The summed E-state index contributed by atoms with van der Waals surface area (Å²) in [5.41, 5.74) is 5.23. The van der Waals surface area contributed by atoms with Crippen molar-refractivity contribution in [2.45, 2.75) is 6.92 Å². The molecule has 2 N–H and O–H groups in total. The van der Waals surface area contributed by atoms with Crippen LogP contribution in [0.5, 0.6) is 0 Å². The second-order valence-corrected chi connectivity index (χ2v) is 2.89. The van der Waals surface area contributed by atoms with Crippen molar-refractivity contribution >= 4 is 9.39 Å². The SMILES string of the molecule is CCO[N+](C)(P)OCCN. The summed E-state index contributed by atoms with van der Waals surface area (Å²) in [6, 6.07) is 0. The molecule has 0 aliphatic rings. The van der Waals surface area contributed by atoms with E-state index in [2.05, 4.69) is 9.39 Å². The van der Waals surface area contributed by atoms with E-state index in [-0.39, 0.29) is 4.58 Å². The van der Waals surface area contributed by atoms with Gasteiger partial charge in [0.05, 0.1) is 0 Å². The minimum Gasteiger partial charge on any atom is -0.328 e. The van der Waals surface area contributed by atoms with Gasteiger partial charge in [0, 0.05) is 6.54 Å². The highest BCUT2D eigenvalue weighted by Gasteiger charge is 2.16. The molecule has 10 heavy (non-hydrogen) atoms. The first kappa shape index (κ1) is 10.3. The summed E-state index contributed by atoms with van der Waals surface area (Å²) in [7, 11) is 4.21. The fraction of sp³-hybridized carbons (Fsp3) is 1.00. The predicted molar refractivity (Wildman–Crippen MR) is 42.5 cm³/mol. The summed E-state index contributed by atoms with van der Waals surface area (Å²) in [5, 5.41) is 0. The summed E-state index contributed by atoms with van der Waals surface area (Å²) < 4.78 is 0.0354. The van der Waals surface area contributed by atoms with Crippen molar-refractivity contribution in [2.75, 3.05) is 26.8 Å². The van der Waals surface area contributed by atoms with Crippen LogP contribution in [-0.4, -0.2) is 31.4 Å². The van der Waals surface area contributed by atoms with Gasteiger partial charge in [-0.15, -0.1) is 0 Å². The maximum absolute atomic E-state index is 5.23. The normalized spacial score (nSPS) is 16.8. The lowest BCUT2D eigenvalue weighted by Gasteiger charge is -2.22. The molecule has 0 spiro atoms. The maximum Gasteiger partial charge on any atom is 0.145 e. The summed E-state index contributed by atoms with van der Waals surface area (Å²) in [4.78, 5) is 10.3. The van der Waals surface area contributed by atoms with Crippen molar-refractivity contribution in [1.29, 1.82) is 0 Å². The number of hydrogen-bond acceptors (Lipinski definition) is 3. The molecule has 2 unspecified atom stereocenters. The van der Waals surface area contributed by atoms with Crippen LogP contribution in [0.25, 0.3) is 0 Å². The molecule has 0 heterocycles. The van der Waals surface area contributed by atoms with Crippen LogP contribution in [0, 0.1) is 0 Å². The molecule has 5 heteroatoms. The van der Waals surface area contributed by atoms with Gasteiger partial charge in [0.15, 0.2) is 0 Å². The highest BCUT2D eigenvalue weighted by Crippen LogP contribution is 2.12. The van der Waals surface area contributed by atoms with Gasteiger partial charge < -0.3 is 5.73 Å². The quantitative estimate of drug-likeness (QED) is 0.465. The Kier molecular flexibility index (Phi) is 5.13. The highest BCUT2D eigenvalue weighted by molar-refractivity contribution is 7.08. The minimum atomic E-state index is 0.0354. The lowest BCUT2D eigenvalue weighted by Crippen LogP contribution is -2.34. The van der Waals surface area contributed by atoms with E-state index in [1.807, 2.05) is 6.92 Å². The van der Waals surface area contributed by atoms with E-state index in [0.717, 1.165) is 0 Å². The average Bonchev–Trinajstić information content (AvgIpc) is 1.84. The molecule has 0 fully saturated rings. The van der Waals surface area contributed by atoms with Gasteiger partial charge in [0.25, 0.3) is 0 Å². The van der Waals surface area contributed by atoms with Crippen molar-refractivity contribution in [3.8, 4) is 0 Å². The molecule has 0 saturated heterocycles. The Morgan fingerprint density at radius 3 is 2.50 bits per heavy atom. The molecular formula is C5H16N2O2P+. The zero-order valence-electron chi connectivity index (χ0n) is 6.54. The Morgan fingerprint density at radius 2 is 2.10 bits per heavy atom. The van der Waals surface area contributed by atoms with Crippen LogP contribution in [0.15, 0.2) is 0 Å². The van der Waals surface area contributed by atoms with Gasteiger partial charge in [-0.25, -0.2) is 0 Å². The van der Waals surface area contributed by atoms with Gasteiger partial charge in [-0.2, -0.15) is 9.68 Å². The van der Waals surface area contributed by atoms with Gasteiger partial charge in [-0.1, -0.05) is 0 Å². The Labute approximate surface area is 64.0 Å². The lowest BCUT2D eigenvalue weighted by atomic mass is 10.8. The molecular weight excluding hydrogens is 151 g/mol. The molecule has 0 aromatic heterocycles. The van der Waals surface area contributed by atoms with Crippen LogP contribution in [0.1, 0.15) is 6.92 Å². The highest BCUT2D eigenvalue weighted by atomic mass is 31.0. The molecule has 4 nitrogen and oxygen atoms in total. The molecule has 0 rings (SSSR count). The van der Waals surface area contributed by atoms with Crippen molar-refractivity contribution in [3.63, 3.8) is 0 Å². The number of hydroxylamine groups is 2. The molecule has 2 atom stereocenters. The van der Waals surface area contributed by atoms with Crippen LogP contribution >= 0.6 is 9.39 Å². The van der Waals surface area contributed by atoms with Crippen LogP contribution in [-0.2, 0) is 9.68 Å². The van der Waals surface area contributed by atoms with Crippen molar-refractivity contribution in [1.82, 2.24) is 0 Å². The Hall–Kier alpha value is 0.270. The average molecular weight is 167 g/mol. The second-order valence-electron chi connectivity index (χ2n) is 1.95. The second kappa shape index (κ2) is 4.99. The van der Waals surface area contributed by atoms with Gasteiger partial charge in [-0.3, -0.25) is 0 Å². The van der Waals surface area contributed by atoms with Crippen molar-refractivity contribution in [3.05, 3.63) is 0 Å². The third-order valence-electron chi connectivity index (χ3n) is 0.851. The zero-order valence-corrected chi connectivity index (χ0v) is 7.69. The third-order valence-corrected chi connectivity index (χ3v) is 1.15. The van der Waals surface area contributed by atoms with Crippen LogP contribution in [0.3, 0.4) is 0 Å². The summed E-state index contributed by atoms with van der Waals surface area (Å²) in [5.74, 6) is 0. The zero-order chi connectivity index (χ0) is 8.04. The van der Waals surface area contributed by atoms with Crippen LogP contribution in [0.4, 0.5) is 0 Å². The van der Waals surface area contributed by atoms with Gasteiger partial charge in [-0.05, 0) is 11.5 Å². The first-order valence-electron chi connectivity index (χ1n) is 3.26. The van der Waals surface area contributed by atoms with Gasteiger partial charge >= 0.3 is 0 Å². The molecule has 0 aromatic rings. The molecule has 0 saturated carbocycles. The van der Waals surface area contributed by atoms with E-state index < -0.39 is 0 Å². The molecule has 0 radical (unpaired) electrons. The number of nitrogens with two attached hydrogens (primary N) is 1. The Balaban J connectivity index is 3.42. The molecule has 0 aromatic carbocycles. The number of rotatable bonds is 5. The first-order valence-corrected chi connectivity index (χ1v) is 3.78. The van der Waals surface area contributed by atoms with E-state index in [0.29, 0.717) is 19.8 Å². The number of nitrogens with zero attached hydrogens (tertiary/aromatic N) is 1. The molecule has 0 amide bonds. The Bertz CT molecular complexity index is 89.7. The van der Waals surface area contributed by atoms with E-state index in [4.69, 9.17) is 15.4 Å². The smallest absolute Gasteiger partial charge is 0.145 e. The molecule has 0 bridgehead atoms. The van der Waals surface area contributed by atoms with Gasteiger partial charge in [0.1, 0.15) is 29.7 Å². The number of quaternary nitrogens is 1. The third kappa shape index (κ3) is 5.09. The molecule has 62 valence electrons. The van der Waals surface area contributed by atoms with E-state index in [1.54, 1.807) is 7.05 Å². The van der Waals surface area contributed by atoms with Crippen molar-refractivity contribution in [2.24, 2.45) is 5.73 Å². The van der Waals surface area contributed by atoms with Crippen LogP contribution < -0.4 is 5.73 Å². The maximum atomic E-state index is 5.23. The standard InChI is InChI=1S/C5H16N2O2P/c1-3-8-7(2,10)9-5-4-6/h3-6,10H2,1-2H3/q+1. The van der Waals surface area contributed by atoms with Crippen molar-refractivity contribution < 1.29 is 14.3 Å². The van der Waals surface area contributed by atoms with Crippen LogP contribution in [0.2, 0.25) is 0 Å². The summed E-state index contributed by atoms with van der Waals surface area (Å²) >= 11 is 0. The predicted octanol–water partition coefficient (Wildman–Crippen LogP) is 0.0649. The first-order chi connectivity index (χ1) is 4.62. The topological polar surface area (TPSA) is 44.5 Å². The largest absolute Gasteiger partial charge is 0.328 e. The van der Waals surface area contributed by atoms with Gasteiger partial charge in [0.2, 0.25) is 0 Å².